The molecule has 0 saturated carbocycles. The van der Waals surface area contributed by atoms with E-state index < -0.39 is 17.8 Å². The number of barbiturate groups is 1. The number of halogens is 2. The first kappa shape index (κ1) is 18.0. The van der Waals surface area contributed by atoms with Crippen molar-refractivity contribution >= 4 is 47.1 Å². The fourth-order valence-corrected chi connectivity index (χ4v) is 2.94. The van der Waals surface area contributed by atoms with E-state index in [1.54, 1.807) is 24.3 Å². The number of carbonyl (C=O) groups is 3. The van der Waals surface area contributed by atoms with Crippen molar-refractivity contribution in [3.8, 4) is 5.75 Å². The monoisotopic (exact) mass is 390 g/mol. The van der Waals surface area contributed by atoms with Gasteiger partial charge in [0.1, 0.15) is 5.57 Å². The Kier molecular flexibility index (Phi) is 4.97. The number of imide groups is 2. The van der Waals surface area contributed by atoms with Crippen molar-refractivity contribution in [2.24, 2.45) is 0 Å². The van der Waals surface area contributed by atoms with E-state index in [2.05, 4.69) is 5.32 Å². The predicted molar refractivity (Wildman–Crippen MR) is 96.6 cm³/mol. The molecule has 1 aliphatic heterocycles. The summed E-state index contributed by atoms with van der Waals surface area (Å²) in [5, 5.41) is 11.7. The quantitative estimate of drug-likeness (QED) is 0.621. The van der Waals surface area contributed by atoms with Crippen LogP contribution >= 0.6 is 23.2 Å². The summed E-state index contributed by atoms with van der Waals surface area (Å²) in [4.78, 5) is 37.7. The SMILES string of the molecule is O=C1NC(=O)N(Cc2ccccc2)C(=O)/C1=C/c1cc(Cl)c(O)c(Cl)c1. The highest BCUT2D eigenvalue weighted by Gasteiger charge is 2.35. The third-order valence-corrected chi connectivity index (χ3v) is 4.30. The molecule has 0 aliphatic carbocycles. The van der Waals surface area contributed by atoms with Crippen LogP contribution < -0.4 is 5.32 Å². The minimum atomic E-state index is -0.815. The Bertz CT molecular complexity index is 918. The third-order valence-electron chi connectivity index (χ3n) is 3.72. The van der Waals surface area contributed by atoms with Gasteiger partial charge >= 0.3 is 6.03 Å². The molecule has 26 heavy (non-hydrogen) atoms. The second-order valence-corrected chi connectivity index (χ2v) is 6.34. The van der Waals surface area contributed by atoms with Crippen molar-refractivity contribution in [2.75, 3.05) is 0 Å². The lowest BCUT2D eigenvalue weighted by molar-refractivity contribution is -0.130. The Morgan fingerprint density at radius 1 is 1.04 bits per heavy atom. The van der Waals surface area contributed by atoms with E-state index in [0.717, 1.165) is 10.5 Å². The van der Waals surface area contributed by atoms with Gasteiger partial charge in [-0.15, -0.1) is 0 Å². The van der Waals surface area contributed by atoms with Gasteiger partial charge in [0.15, 0.2) is 5.75 Å². The summed E-state index contributed by atoms with van der Waals surface area (Å²) in [5.41, 5.74) is 0.837. The fourth-order valence-electron chi connectivity index (χ4n) is 2.44. The predicted octanol–water partition coefficient (Wildman–Crippen LogP) is 3.36. The molecule has 0 aromatic heterocycles. The number of phenols is 1. The lowest BCUT2D eigenvalue weighted by atomic mass is 10.1. The topological polar surface area (TPSA) is 86.7 Å². The number of urea groups is 1. The smallest absolute Gasteiger partial charge is 0.331 e. The van der Waals surface area contributed by atoms with Gasteiger partial charge in [-0.05, 0) is 29.3 Å². The normalized spacial score (nSPS) is 16.2. The molecule has 1 saturated heterocycles. The molecule has 1 heterocycles. The molecule has 0 unspecified atom stereocenters. The number of aromatic hydroxyl groups is 1. The highest BCUT2D eigenvalue weighted by Crippen LogP contribution is 2.33. The van der Waals surface area contributed by atoms with Crippen molar-refractivity contribution in [3.05, 3.63) is 69.2 Å². The summed E-state index contributed by atoms with van der Waals surface area (Å²) < 4.78 is 0. The zero-order chi connectivity index (χ0) is 18.8. The zero-order valence-electron chi connectivity index (χ0n) is 13.2. The molecular formula is C18H12Cl2N2O4. The lowest BCUT2D eigenvalue weighted by Gasteiger charge is -2.26. The average Bonchev–Trinajstić information content (AvgIpc) is 2.61. The van der Waals surface area contributed by atoms with Gasteiger partial charge in [-0.1, -0.05) is 53.5 Å². The summed E-state index contributed by atoms with van der Waals surface area (Å²) in [6.07, 6.45) is 1.26. The number of nitrogens with one attached hydrogen (secondary N) is 1. The van der Waals surface area contributed by atoms with Crippen LogP contribution in [0.1, 0.15) is 11.1 Å². The Labute approximate surface area is 158 Å². The maximum absolute atomic E-state index is 12.7. The van der Waals surface area contributed by atoms with Crippen LogP contribution in [0, 0.1) is 0 Å². The molecule has 6 nitrogen and oxygen atoms in total. The van der Waals surface area contributed by atoms with Crippen LogP contribution in [0.4, 0.5) is 4.79 Å². The van der Waals surface area contributed by atoms with E-state index in [1.165, 1.54) is 18.2 Å². The molecule has 0 atom stereocenters. The number of phenolic OH excluding ortho intramolecular Hbond substituents is 1. The van der Waals surface area contributed by atoms with Crippen LogP contribution in [0.5, 0.6) is 5.75 Å². The molecule has 1 fully saturated rings. The molecule has 0 bridgehead atoms. The summed E-state index contributed by atoms with van der Waals surface area (Å²) in [7, 11) is 0. The standard InChI is InChI=1S/C18H12Cl2N2O4/c19-13-7-11(8-14(20)15(13)23)6-12-16(24)21-18(26)22(17(12)25)9-10-4-2-1-3-5-10/h1-8,23H,9H2,(H,21,24,26)/b12-6+. The Hall–Kier alpha value is -2.83. The number of hydrogen-bond donors (Lipinski definition) is 2. The molecule has 1 aliphatic rings. The number of benzene rings is 2. The van der Waals surface area contributed by atoms with Gasteiger partial charge in [-0.3, -0.25) is 19.8 Å². The van der Waals surface area contributed by atoms with Gasteiger partial charge in [0.2, 0.25) is 0 Å². The number of rotatable bonds is 3. The van der Waals surface area contributed by atoms with Crippen LogP contribution in [-0.2, 0) is 16.1 Å². The maximum atomic E-state index is 12.7. The van der Waals surface area contributed by atoms with Crippen LogP contribution in [-0.4, -0.2) is 27.9 Å². The van der Waals surface area contributed by atoms with E-state index in [9.17, 15) is 19.5 Å². The average molecular weight is 391 g/mol. The van der Waals surface area contributed by atoms with Crippen LogP contribution in [0.2, 0.25) is 10.0 Å². The molecule has 0 spiro atoms. The molecular weight excluding hydrogens is 379 g/mol. The molecule has 2 aromatic carbocycles. The number of hydrogen-bond acceptors (Lipinski definition) is 4. The van der Waals surface area contributed by atoms with Gasteiger partial charge in [-0.2, -0.15) is 0 Å². The molecule has 132 valence electrons. The summed E-state index contributed by atoms with van der Waals surface area (Å²) >= 11 is 11.7. The van der Waals surface area contributed by atoms with E-state index in [1.807, 2.05) is 6.07 Å². The number of amides is 4. The molecule has 0 radical (unpaired) electrons. The Morgan fingerprint density at radius 2 is 1.65 bits per heavy atom. The third kappa shape index (κ3) is 3.56. The van der Waals surface area contributed by atoms with Crippen molar-refractivity contribution in [2.45, 2.75) is 6.54 Å². The highest BCUT2D eigenvalue weighted by molar-refractivity contribution is 6.37. The molecule has 4 amide bonds. The largest absolute Gasteiger partial charge is 0.505 e. The van der Waals surface area contributed by atoms with Gasteiger partial charge in [0.05, 0.1) is 16.6 Å². The highest BCUT2D eigenvalue weighted by atomic mass is 35.5. The van der Waals surface area contributed by atoms with Gasteiger partial charge in [-0.25, -0.2) is 4.79 Å². The first-order valence-electron chi connectivity index (χ1n) is 7.47. The fraction of sp³-hybridized carbons (Fsp3) is 0.0556. The molecule has 8 heteroatoms. The van der Waals surface area contributed by atoms with Crippen LogP contribution in [0.3, 0.4) is 0 Å². The Morgan fingerprint density at radius 3 is 2.27 bits per heavy atom. The van der Waals surface area contributed by atoms with Crippen LogP contribution in [0.15, 0.2) is 48.0 Å². The van der Waals surface area contributed by atoms with Crippen molar-refractivity contribution in [1.29, 1.82) is 0 Å². The van der Waals surface area contributed by atoms with Gasteiger partial charge in [0.25, 0.3) is 11.8 Å². The molecule has 2 N–H and O–H groups in total. The van der Waals surface area contributed by atoms with E-state index in [4.69, 9.17) is 23.2 Å². The van der Waals surface area contributed by atoms with Crippen molar-refractivity contribution in [3.63, 3.8) is 0 Å². The molecule has 3 rings (SSSR count). The minimum Gasteiger partial charge on any atom is -0.505 e. The summed E-state index contributed by atoms with van der Waals surface area (Å²) in [5.74, 6) is -1.84. The first-order valence-corrected chi connectivity index (χ1v) is 8.23. The van der Waals surface area contributed by atoms with Gasteiger partial charge < -0.3 is 5.11 Å². The number of carbonyl (C=O) groups excluding carboxylic acids is 3. The van der Waals surface area contributed by atoms with Crippen molar-refractivity contribution < 1.29 is 19.5 Å². The van der Waals surface area contributed by atoms with E-state index in [-0.39, 0.29) is 27.9 Å². The van der Waals surface area contributed by atoms with E-state index >= 15 is 0 Å². The molecule has 2 aromatic rings. The number of nitrogens with zero attached hydrogens (tertiary/aromatic N) is 1. The minimum absolute atomic E-state index is 0.0210. The second kappa shape index (κ2) is 7.19. The first-order chi connectivity index (χ1) is 12.4. The summed E-state index contributed by atoms with van der Waals surface area (Å²) in [6.45, 7) is 0.0210. The van der Waals surface area contributed by atoms with Crippen molar-refractivity contribution in [1.82, 2.24) is 10.2 Å². The summed E-state index contributed by atoms with van der Waals surface area (Å²) in [6, 6.07) is 10.8. The zero-order valence-corrected chi connectivity index (χ0v) is 14.7. The van der Waals surface area contributed by atoms with Crippen LogP contribution in [0.25, 0.3) is 6.08 Å². The lowest BCUT2D eigenvalue weighted by Crippen LogP contribution is -2.53. The Balaban J connectivity index is 1.95. The second-order valence-electron chi connectivity index (χ2n) is 5.53. The van der Waals surface area contributed by atoms with Gasteiger partial charge in [0, 0.05) is 0 Å². The maximum Gasteiger partial charge on any atom is 0.331 e. The van der Waals surface area contributed by atoms with E-state index in [0.29, 0.717) is 5.56 Å².